The van der Waals surface area contributed by atoms with E-state index in [1.165, 1.54) is 7.11 Å². The van der Waals surface area contributed by atoms with Crippen LogP contribution in [0.5, 0.6) is 0 Å². The number of esters is 1. The molecule has 104 valence electrons. The lowest BCUT2D eigenvalue weighted by atomic mass is 9.94. The Morgan fingerprint density at radius 1 is 1.39 bits per heavy atom. The van der Waals surface area contributed by atoms with E-state index in [1.807, 2.05) is 13.8 Å². The highest BCUT2D eigenvalue weighted by atomic mass is 16.5. The monoisotopic (exact) mass is 256 g/mol. The summed E-state index contributed by atoms with van der Waals surface area (Å²) in [4.78, 5) is 25.3. The molecule has 0 aromatic carbocycles. The van der Waals surface area contributed by atoms with E-state index in [1.54, 1.807) is 4.90 Å². The predicted octanol–water partition coefficient (Wildman–Crippen LogP) is 0.771. The minimum Gasteiger partial charge on any atom is -0.469 e. The molecule has 5 heteroatoms. The maximum atomic E-state index is 12.1. The summed E-state index contributed by atoms with van der Waals surface area (Å²) >= 11 is 0. The lowest BCUT2D eigenvalue weighted by Crippen LogP contribution is -2.50. The molecule has 0 aliphatic carbocycles. The van der Waals surface area contributed by atoms with Crippen molar-refractivity contribution in [1.82, 2.24) is 4.90 Å². The Kier molecular flexibility index (Phi) is 5.59. The van der Waals surface area contributed by atoms with Crippen molar-refractivity contribution in [2.45, 2.75) is 39.2 Å². The van der Waals surface area contributed by atoms with E-state index >= 15 is 0 Å². The van der Waals surface area contributed by atoms with Gasteiger partial charge in [-0.05, 0) is 18.8 Å². The van der Waals surface area contributed by atoms with Crippen LogP contribution in [-0.2, 0) is 14.3 Å². The molecule has 0 aromatic heterocycles. The maximum Gasteiger partial charge on any atom is 0.308 e. The first-order valence-corrected chi connectivity index (χ1v) is 6.63. The average Bonchev–Trinajstić information content (AvgIpc) is 2.44. The third-order valence-electron chi connectivity index (χ3n) is 3.88. The number of piperidine rings is 1. The molecule has 2 N–H and O–H groups in total. The van der Waals surface area contributed by atoms with Crippen LogP contribution < -0.4 is 5.73 Å². The summed E-state index contributed by atoms with van der Waals surface area (Å²) < 4.78 is 4.72. The molecule has 2 atom stereocenters. The van der Waals surface area contributed by atoms with E-state index in [2.05, 4.69) is 0 Å². The van der Waals surface area contributed by atoms with Crippen LogP contribution in [0.3, 0.4) is 0 Å². The number of nitrogens with zero attached hydrogens (tertiary/aromatic N) is 1. The smallest absolute Gasteiger partial charge is 0.308 e. The third-order valence-corrected chi connectivity index (χ3v) is 3.88. The molecule has 0 bridgehead atoms. The summed E-state index contributed by atoms with van der Waals surface area (Å²) in [6.07, 6.45) is 2.24. The van der Waals surface area contributed by atoms with Crippen molar-refractivity contribution in [3.63, 3.8) is 0 Å². The second-order valence-electron chi connectivity index (χ2n) is 5.03. The van der Waals surface area contributed by atoms with Gasteiger partial charge in [-0.1, -0.05) is 20.3 Å². The molecule has 0 spiro atoms. The first-order chi connectivity index (χ1) is 8.51. The molecule has 18 heavy (non-hydrogen) atoms. The number of hydrogen-bond acceptors (Lipinski definition) is 4. The number of carbonyl (C=O) groups excluding carboxylic acids is 2. The van der Waals surface area contributed by atoms with Gasteiger partial charge in [-0.3, -0.25) is 9.59 Å². The van der Waals surface area contributed by atoms with Gasteiger partial charge in [0.1, 0.15) is 0 Å². The van der Waals surface area contributed by atoms with Gasteiger partial charge in [-0.25, -0.2) is 0 Å². The maximum absolute atomic E-state index is 12.1. The van der Waals surface area contributed by atoms with Crippen LogP contribution in [0.1, 0.15) is 33.1 Å². The normalized spacial score (nSPS) is 20.3. The Balaban J connectivity index is 2.47. The Labute approximate surface area is 109 Å². The number of rotatable bonds is 4. The van der Waals surface area contributed by atoms with E-state index < -0.39 is 6.04 Å². The first kappa shape index (κ1) is 15.0. The topological polar surface area (TPSA) is 72.6 Å². The molecule has 0 radical (unpaired) electrons. The fourth-order valence-electron chi connectivity index (χ4n) is 2.21. The van der Waals surface area contributed by atoms with Crippen molar-refractivity contribution in [2.75, 3.05) is 20.2 Å². The summed E-state index contributed by atoms with van der Waals surface area (Å²) in [6.45, 7) is 5.22. The Morgan fingerprint density at radius 3 is 2.39 bits per heavy atom. The molecule has 1 heterocycles. The third kappa shape index (κ3) is 3.45. The Hall–Kier alpha value is -1.10. The van der Waals surface area contributed by atoms with E-state index in [0.717, 1.165) is 6.42 Å². The molecule has 1 aliphatic rings. The van der Waals surface area contributed by atoms with Gasteiger partial charge in [-0.15, -0.1) is 0 Å². The largest absolute Gasteiger partial charge is 0.469 e. The number of carbonyl (C=O) groups is 2. The van der Waals surface area contributed by atoms with Crippen LogP contribution in [0.25, 0.3) is 0 Å². The predicted molar refractivity (Wildman–Crippen MR) is 68.8 cm³/mol. The zero-order chi connectivity index (χ0) is 13.7. The molecule has 0 aromatic rings. The second kappa shape index (κ2) is 6.73. The van der Waals surface area contributed by atoms with Crippen LogP contribution in [0.15, 0.2) is 0 Å². The van der Waals surface area contributed by atoms with Crippen LogP contribution in [0.4, 0.5) is 0 Å². The zero-order valence-electron chi connectivity index (χ0n) is 11.5. The Bertz CT molecular complexity index is 299. The van der Waals surface area contributed by atoms with E-state index in [-0.39, 0.29) is 23.7 Å². The molecule has 1 fully saturated rings. The highest BCUT2D eigenvalue weighted by Crippen LogP contribution is 2.20. The molecule has 5 nitrogen and oxygen atoms in total. The number of ether oxygens (including phenoxy) is 1. The summed E-state index contributed by atoms with van der Waals surface area (Å²) in [7, 11) is 1.40. The molecule has 1 aliphatic heterocycles. The van der Waals surface area contributed by atoms with Gasteiger partial charge in [0.2, 0.25) is 5.91 Å². The highest BCUT2D eigenvalue weighted by Gasteiger charge is 2.31. The standard InChI is InChI=1S/C13H24N2O3/c1-4-9(2)11(14)12(16)15-7-5-10(6-8-15)13(17)18-3/h9-11H,4-8,14H2,1-3H3. The van der Waals surface area contributed by atoms with Crippen LogP contribution in [-0.4, -0.2) is 43.0 Å². The molecule has 2 unspecified atom stereocenters. The van der Waals surface area contributed by atoms with Crippen molar-refractivity contribution in [3.05, 3.63) is 0 Å². The fourth-order valence-corrected chi connectivity index (χ4v) is 2.21. The van der Waals surface area contributed by atoms with Crippen molar-refractivity contribution < 1.29 is 14.3 Å². The molecule has 1 amide bonds. The van der Waals surface area contributed by atoms with Gasteiger partial charge in [0.15, 0.2) is 0 Å². The quantitative estimate of drug-likeness (QED) is 0.754. The van der Waals surface area contributed by atoms with Gasteiger partial charge in [0, 0.05) is 13.1 Å². The molecule has 1 saturated heterocycles. The fraction of sp³-hybridized carbons (Fsp3) is 0.846. The summed E-state index contributed by atoms with van der Waals surface area (Å²) in [6, 6.07) is -0.426. The number of hydrogen-bond donors (Lipinski definition) is 1. The molecular weight excluding hydrogens is 232 g/mol. The summed E-state index contributed by atoms with van der Waals surface area (Å²) in [5, 5.41) is 0. The van der Waals surface area contributed by atoms with Crippen LogP contribution in [0.2, 0.25) is 0 Å². The van der Waals surface area contributed by atoms with Crippen LogP contribution >= 0.6 is 0 Å². The second-order valence-corrected chi connectivity index (χ2v) is 5.03. The van der Waals surface area contributed by atoms with Gasteiger partial charge < -0.3 is 15.4 Å². The molecular formula is C13H24N2O3. The average molecular weight is 256 g/mol. The van der Waals surface area contributed by atoms with Gasteiger partial charge in [-0.2, -0.15) is 0 Å². The van der Waals surface area contributed by atoms with Gasteiger partial charge in [0.05, 0.1) is 19.1 Å². The van der Waals surface area contributed by atoms with Crippen LogP contribution in [0, 0.1) is 11.8 Å². The van der Waals surface area contributed by atoms with Crippen molar-refractivity contribution in [1.29, 1.82) is 0 Å². The lowest BCUT2D eigenvalue weighted by Gasteiger charge is -2.33. The van der Waals surface area contributed by atoms with Crippen molar-refractivity contribution in [2.24, 2.45) is 17.6 Å². The SMILES string of the molecule is CCC(C)C(N)C(=O)N1CCC(C(=O)OC)CC1. The lowest BCUT2D eigenvalue weighted by molar-refractivity contribution is -0.149. The van der Waals surface area contributed by atoms with Crippen molar-refractivity contribution >= 4 is 11.9 Å². The molecule has 0 saturated carbocycles. The van der Waals surface area contributed by atoms with E-state index in [4.69, 9.17) is 10.5 Å². The van der Waals surface area contributed by atoms with Crippen molar-refractivity contribution in [3.8, 4) is 0 Å². The van der Waals surface area contributed by atoms with Gasteiger partial charge in [0.25, 0.3) is 0 Å². The Morgan fingerprint density at radius 2 is 1.94 bits per heavy atom. The number of amides is 1. The summed E-state index contributed by atoms with van der Waals surface area (Å²) in [5.41, 5.74) is 5.94. The number of likely N-dealkylation sites (tertiary alicyclic amines) is 1. The highest BCUT2D eigenvalue weighted by molar-refractivity contribution is 5.82. The number of nitrogens with two attached hydrogens (primary N) is 1. The van der Waals surface area contributed by atoms with Gasteiger partial charge >= 0.3 is 5.97 Å². The number of methoxy groups -OCH3 is 1. The summed E-state index contributed by atoms with van der Waals surface area (Å²) in [5.74, 6) is -0.0457. The first-order valence-electron chi connectivity index (χ1n) is 6.63. The molecule has 1 rings (SSSR count). The zero-order valence-corrected chi connectivity index (χ0v) is 11.5. The van der Waals surface area contributed by atoms with E-state index in [0.29, 0.717) is 25.9 Å². The minimum absolute atomic E-state index is 0.00710. The minimum atomic E-state index is -0.426. The van der Waals surface area contributed by atoms with E-state index in [9.17, 15) is 9.59 Å².